The first-order chi connectivity index (χ1) is 13.3. The van der Waals surface area contributed by atoms with Crippen LogP contribution in [0.1, 0.15) is 42.3 Å². The highest BCUT2D eigenvalue weighted by atomic mass is 16.5. The lowest BCUT2D eigenvalue weighted by Gasteiger charge is -2.12. The minimum absolute atomic E-state index is 0.0956. The van der Waals surface area contributed by atoms with Crippen LogP contribution in [-0.4, -0.2) is 23.8 Å². The largest absolute Gasteiger partial charge is 0.451 e. The Morgan fingerprint density at radius 1 is 1.00 bits per heavy atom. The lowest BCUT2D eigenvalue weighted by atomic mass is 10.1. The van der Waals surface area contributed by atoms with Gasteiger partial charge in [0, 0.05) is 23.2 Å². The van der Waals surface area contributed by atoms with Crippen molar-refractivity contribution in [3.8, 4) is 0 Å². The highest BCUT2D eigenvalue weighted by Gasteiger charge is 2.18. The maximum atomic E-state index is 12.5. The number of rotatable bonds is 7. The Bertz CT molecular complexity index is 882. The zero-order valence-corrected chi connectivity index (χ0v) is 16.6. The van der Waals surface area contributed by atoms with Gasteiger partial charge in [0.2, 0.25) is 11.7 Å². The molecule has 28 heavy (non-hydrogen) atoms. The number of carbonyl (C=O) groups is 3. The Balaban J connectivity index is 1.94. The van der Waals surface area contributed by atoms with Crippen LogP contribution >= 0.6 is 0 Å². The summed E-state index contributed by atoms with van der Waals surface area (Å²) in [5.74, 6) is -1.11. The fourth-order valence-electron chi connectivity index (χ4n) is 2.44. The monoisotopic (exact) mass is 379 g/mol. The van der Waals surface area contributed by atoms with Crippen LogP contribution in [-0.2, 0) is 14.3 Å². The maximum Gasteiger partial charge on any atom is 0.331 e. The van der Waals surface area contributed by atoms with Crippen LogP contribution < -0.4 is 5.32 Å². The number of anilines is 1. The summed E-state index contributed by atoms with van der Waals surface area (Å²) in [7, 11) is 0. The van der Waals surface area contributed by atoms with E-state index in [0.717, 1.165) is 11.1 Å². The number of ether oxygens (including phenoxy) is 1. The quantitative estimate of drug-likeness (QED) is 0.439. The van der Waals surface area contributed by atoms with Crippen molar-refractivity contribution in [2.24, 2.45) is 5.92 Å². The molecule has 1 N–H and O–H groups in total. The minimum atomic E-state index is -0.911. The molecule has 0 radical (unpaired) electrons. The van der Waals surface area contributed by atoms with Gasteiger partial charge in [0.1, 0.15) is 0 Å². The van der Waals surface area contributed by atoms with E-state index in [2.05, 4.69) is 5.32 Å². The Kier molecular flexibility index (Phi) is 7.27. The van der Waals surface area contributed by atoms with Gasteiger partial charge in [-0.25, -0.2) is 4.79 Å². The summed E-state index contributed by atoms with van der Waals surface area (Å²) in [4.78, 5) is 36.1. The van der Waals surface area contributed by atoms with Gasteiger partial charge in [-0.3, -0.25) is 9.59 Å². The summed E-state index contributed by atoms with van der Waals surface area (Å²) < 4.78 is 5.20. The predicted molar refractivity (Wildman–Crippen MR) is 110 cm³/mol. The predicted octanol–water partition coefficient (Wildman–Crippen LogP) is 4.42. The first-order valence-electron chi connectivity index (χ1n) is 9.17. The molecule has 5 heteroatoms. The Hall–Kier alpha value is -3.21. The molecule has 0 saturated heterocycles. The normalized spacial score (nSPS) is 12.0. The number of hydrogen-bond donors (Lipinski definition) is 1. The molecule has 0 aliphatic rings. The Labute approximate surface area is 165 Å². The second-order valence-electron chi connectivity index (χ2n) is 6.91. The van der Waals surface area contributed by atoms with E-state index in [-0.39, 0.29) is 17.6 Å². The van der Waals surface area contributed by atoms with Gasteiger partial charge in [0.05, 0.1) is 0 Å². The molecule has 2 rings (SSSR count). The average Bonchev–Trinajstić information content (AvgIpc) is 2.66. The molecular weight excluding hydrogens is 354 g/mol. The van der Waals surface area contributed by atoms with Gasteiger partial charge in [0.15, 0.2) is 6.10 Å². The number of amides is 1. The Morgan fingerprint density at radius 3 is 2.29 bits per heavy atom. The standard InChI is InChI=1S/C23H25NO4/c1-15(2)23(27)24-20-11-9-19(10-12-20)22(26)17(4)28-21(25)13-8-18-7-5-6-16(3)14-18/h5-15,17H,1-4H3,(H,24,27)/b13-8+/t17-/m0/s1. The lowest BCUT2D eigenvalue weighted by molar-refractivity contribution is -0.140. The van der Waals surface area contributed by atoms with Crippen LogP contribution in [0, 0.1) is 12.8 Å². The van der Waals surface area contributed by atoms with E-state index in [1.165, 1.54) is 13.0 Å². The van der Waals surface area contributed by atoms with E-state index in [0.29, 0.717) is 11.3 Å². The van der Waals surface area contributed by atoms with Crippen molar-refractivity contribution >= 4 is 29.4 Å². The molecule has 2 aromatic carbocycles. The summed E-state index contributed by atoms with van der Waals surface area (Å²) >= 11 is 0. The number of Topliss-reactive ketones (excluding diaryl/α,β-unsaturated/α-hetero) is 1. The van der Waals surface area contributed by atoms with Crippen molar-refractivity contribution in [1.82, 2.24) is 0 Å². The maximum absolute atomic E-state index is 12.5. The smallest absolute Gasteiger partial charge is 0.331 e. The second kappa shape index (κ2) is 9.65. The molecule has 1 amide bonds. The molecule has 0 aliphatic heterocycles. The molecule has 0 spiro atoms. The van der Waals surface area contributed by atoms with E-state index in [9.17, 15) is 14.4 Å². The minimum Gasteiger partial charge on any atom is -0.451 e. The molecule has 0 saturated carbocycles. The fraction of sp³-hybridized carbons (Fsp3) is 0.261. The number of nitrogens with one attached hydrogen (secondary N) is 1. The van der Waals surface area contributed by atoms with Gasteiger partial charge in [-0.15, -0.1) is 0 Å². The third-order valence-electron chi connectivity index (χ3n) is 4.08. The SMILES string of the molecule is Cc1cccc(/C=C/C(=O)O[C@@H](C)C(=O)c2ccc(NC(=O)C(C)C)cc2)c1. The number of benzene rings is 2. The molecule has 1 atom stereocenters. The zero-order chi connectivity index (χ0) is 20.7. The lowest BCUT2D eigenvalue weighted by Crippen LogP contribution is -2.23. The van der Waals surface area contributed by atoms with Crippen LogP contribution in [0.5, 0.6) is 0 Å². The number of esters is 1. The van der Waals surface area contributed by atoms with Crippen LogP contribution in [0.15, 0.2) is 54.6 Å². The molecular formula is C23H25NO4. The number of ketones is 1. The summed E-state index contributed by atoms with van der Waals surface area (Å²) in [6.45, 7) is 7.11. The van der Waals surface area contributed by atoms with Gasteiger partial charge in [-0.2, -0.15) is 0 Å². The fourth-order valence-corrected chi connectivity index (χ4v) is 2.44. The van der Waals surface area contributed by atoms with Gasteiger partial charge >= 0.3 is 5.97 Å². The van der Waals surface area contributed by atoms with Crippen LogP contribution in [0.25, 0.3) is 6.08 Å². The van der Waals surface area contributed by atoms with Crippen molar-refractivity contribution in [3.05, 3.63) is 71.3 Å². The van der Waals surface area contributed by atoms with Crippen LogP contribution in [0.3, 0.4) is 0 Å². The van der Waals surface area contributed by atoms with Crippen molar-refractivity contribution in [2.75, 3.05) is 5.32 Å². The Morgan fingerprint density at radius 2 is 1.68 bits per heavy atom. The van der Waals surface area contributed by atoms with Gasteiger partial charge in [-0.1, -0.05) is 43.7 Å². The third kappa shape index (κ3) is 6.20. The zero-order valence-electron chi connectivity index (χ0n) is 16.6. The highest BCUT2D eigenvalue weighted by Crippen LogP contribution is 2.14. The highest BCUT2D eigenvalue weighted by molar-refractivity contribution is 6.01. The molecule has 146 valence electrons. The van der Waals surface area contributed by atoms with E-state index in [1.54, 1.807) is 44.2 Å². The molecule has 0 heterocycles. The van der Waals surface area contributed by atoms with E-state index in [1.807, 2.05) is 31.2 Å². The molecule has 0 aromatic heterocycles. The van der Waals surface area contributed by atoms with Gasteiger partial charge in [0.25, 0.3) is 0 Å². The molecule has 0 bridgehead atoms. The number of carbonyl (C=O) groups excluding carboxylic acids is 3. The molecule has 2 aromatic rings. The van der Waals surface area contributed by atoms with Crippen molar-refractivity contribution in [3.63, 3.8) is 0 Å². The third-order valence-corrected chi connectivity index (χ3v) is 4.08. The number of aryl methyl sites for hydroxylation is 1. The molecule has 0 aliphatic carbocycles. The molecule has 0 unspecified atom stereocenters. The van der Waals surface area contributed by atoms with Crippen LogP contribution in [0.4, 0.5) is 5.69 Å². The molecule has 5 nitrogen and oxygen atoms in total. The van der Waals surface area contributed by atoms with E-state index in [4.69, 9.17) is 4.74 Å². The average molecular weight is 379 g/mol. The van der Waals surface area contributed by atoms with Crippen molar-refractivity contribution < 1.29 is 19.1 Å². The molecule has 0 fully saturated rings. The van der Waals surface area contributed by atoms with E-state index >= 15 is 0 Å². The first kappa shape index (κ1) is 21.1. The second-order valence-corrected chi connectivity index (χ2v) is 6.91. The summed E-state index contributed by atoms with van der Waals surface area (Å²) in [5.41, 5.74) is 2.99. The number of hydrogen-bond acceptors (Lipinski definition) is 4. The first-order valence-corrected chi connectivity index (χ1v) is 9.17. The van der Waals surface area contributed by atoms with Gasteiger partial charge in [-0.05, 0) is 49.8 Å². The summed E-state index contributed by atoms with van der Waals surface area (Å²) in [5, 5.41) is 2.76. The summed E-state index contributed by atoms with van der Waals surface area (Å²) in [6, 6.07) is 14.2. The van der Waals surface area contributed by atoms with Crippen molar-refractivity contribution in [1.29, 1.82) is 0 Å². The van der Waals surface area contributed by atoms with Crippen molar-refractivity contribution in [2.45, 2.75) is 33.8 Å². The summed E-state index contributed by atoms with van der Waals surface area (Å²) in [6.07, 6.45) is 2.05. The van der Waals surface area contributed by atoms with Gasteiger partial charge < -0.3 is 10.1 Å². The topological polar surface area (TPSA) is 72.5 Å². The van der Waals surface area contributed by atoms with Crippen LogP contribution in [0.2, 0.25) is 0 Å². The van der Waals surface area contributed by atoms with E-state index < -0.39 is 12.1 Å².